The van der Waals surface area contributed by atoms with Crippen LogP contribution in [0, 0.1) is 11.3 Å². The molecule has 1 N–H and O–H groups in total. The summed E-state index contributed by atoms with van der Waals surface area (Å²) < 4.78 is 0. The number of carbonyl (C=O) groups excluding carboxylic acids is 1. The Morgan fingerprint density at radius 3 is 2.25 bits per heavy atom. The van der Waals surface area contributed by atoms with Gasteiger partial charge in [-0.25, -0.2) is 0 Å². The van der Waals surface area contributed by atoms with E-state index in [1.807, 2.05) is 11.8 Å². The number of hydrogen-bond donors (Lipinski definition) is 1. The average Bonchev–Trinajstić information content (AvgIpc) is 2.38. The molecule has 0 aromatic heterocycles. The molecule has 2 fully saturated rings. The zero-order chi connectivity index (χ0) is 14.6. The van der Waals surface area contributed by atoms with Crippen molar-refractivity contribution in [3.63, 3.8) is 0 Å². The van der Waals surface area contributed by atoms with E-state index in [0.717, 1.165) is 25.8 Å². The van der Waals surface area contributed by atoms with Gasteiger partial charge in [-0.2, -0.15) is 0 Å². The second kappa shape index (κ2) is 6.59. The minimum absolute atomic E-state index is 0.0451. The van der Waals surface area contributed by atoms with Crippen molar-refractivity contribution in [1.29, 1.82) is 0 Å². The quantitative estimate of drug-likeness (QED) is 0.814. The summed E-state index contributed by atoms with van der Waals surface area (Å²) in [6, 6.07) is 0. The molecule has 0 aliphatic heterocycles. The summed E-state index contributed by atoms with van der Waals surface area (Å²) in [7, 11) is 0. The highest BCUT2D eigenvalue weighted by molar-refractivity contribution is 5.85. The van der Waals surface area contributed by atoms with Gasteiger partial charge in [-0.3, -0.25) is 9.59 Å². The van der Waals surface area contributed by atoms with Gasteiger partial charge in [0.1, 0.15) is 0 Å². The topological polar surface area (TPSA) is 57.6 Å². The van der Waals surface area contributed by atoms with Crippen molar-refractivity contribution in [3.8, 4) is 0 Å². The van der Waals surface area contributed by atoms with Crippen molar-refractivity contribution < 1.29 is 14.7 Å². The maximum Gasteiger partial charge on any atom is 0.310 e. The third-order valence-corrected chi connectivity index (χ3v) is 5.19. The Labute approximate surface area is 121 Å². The van der Waals surface area contributed by atoms with Gasteiger partial charge in [0.2, 0.25) is 5.91 Å². The highest BCUT2D eigenvalue weighted by Crippen LogP contribution is 2.40. The first-order valence-corrected chi connectivity index (χ1v) is 8.08. The van der Waals surface area contributed by atoms with E-state index in [-0.39, 0.29) is 12.3 Å². The van der Waals surface area contributed by atoms with Crippen LogP contribution in [0.5, 0.6) is 0 Å². The summed E-state index contributed by atoms with van der Waals surface area (Å²) in [5.74, 6) is -0.0834. The van der Waals surface area contributed by atoms with Crippen LogP contribution in [-0.2, 0) is 9.59 Å². The molecular formula is C16H27NO3. The molecule has 0 radical (unpaired) electrons. The van der Waals surface area contributed by atoms with E-state index in [1.54, 1.807) is 0 Å². The number of carboxylic acid groups (broad SMARTS) is 1. The summed E-state index contributed by atoms with van der Waals surface area (Å²) in [6.07, 6.45) is 8.20. The summed E-state index contributed by atoms with van der Waals surface area (Å²) in [5.41, 5.74) is -0.789. The number of aliphatic carboxylic acids is 1. The molecule has 0 heterocycles. The molecule has 4 nitrogen and oxygen atoms in total. The van der Waals surface area contributed by atoms with Gasteiger partial charge in [0, 0.05) is 19.5 Å². The van der Waals surface area contributed by atoms with Crippen LogP contribution in [0.1, 0.15) is 64.7 Å². The fourth-order valence-corrected chi connectivity index (χ4v) is 3.49. The standard InChI is InChI=1S/C16H27NO3/c1-2-17(12-13-7-6-8-13)14(18)11-16(15(19)20)9-4-3-5-10-16/h13H,2-12H2,1H3,(H,19,20). The summed E-state index contributed by atoms with van der Waals surface area (Å²) in [4.78, 5) is 26.0. The molecule has 114 valence electrons. The highest BCUT2D eigenvalue weighted by Gasteiger charge is 2.42. The summed E-state index contributed by atoms with van der Waals surface area (Å²) in [5, 5.41) is 9.56. The Kier molecular flexibility index (Phi) is 5.06. The number of hydrogen-bond acceptors (Lipinski definition) is 2. The molecule has 0 spiro atoms. The predicted molar refractivity (Wildman–Crippen MR) is 77.4 cm³/mol. The van der Waals surface area contributed by atoms with E-state index < -0.39 is 11.4 Å². The van der Waals surface area contributed by atoms with Crippen molar-refractivity contribution in [3.05, 3.63) is 0 Å². The van der Waals surface area contributed by atoms with Crippen molar-refractivity contribution in [1.82, 2.24) is 4.90 Å². The SMILES string of the molecule is CCN(CC1CCC1)C(=O)CC1(C(=O)O)CCCCC1. The van der Waals surface area contributed by atoms with Gasteiger partial charge in [0.25, 0.3) is 0 Å². The van der Waals surface area contributed by atoms with Crippen molar-refractivity contribution in [2.75, 3.05) is 13.1 Å². The van der Waals surface area contributed by atoms with Crippen LogP contribution in [0.25, 0.3) is 0 Å². The van der Waals surface area contributed by atoms with E-state index in [9.17, 15) is 14.7 Å². The largest absolute Gasteiger partial charge is 0.481 e. The molecule has 4 heteroatoms. The second-order valence-corrected chi connectivity index (χ2v) is 6.55. The van der Waals surface area contributed by atoms with Crippen molar-refractivity contribution in [2.45, 2.75) is 64.7 Å². The molecular weight excluding hydrogens is 254 g/mol. The monoisotopic (exact) mass is 281 g/mol. The molecule has 2 aliphatic rings. The van der Waals surface area contributed by atoms with E-state index in [2.05, 4.69) is 0 Å². The van der Waals surface area contributed by atoms with E-state index in [0.29, 0.717) is 25.3 Å². The second-order valence-electron chi connectivity index (χ2n) is 6.55. The van der Waals surface area contributed by atoms with E-state index in [1.165, 1.54) is 19.3 Å². The van der Waals surface area contributed by atoms with Crippen molar-refractivity contribution in [2.24, 2.45) is 11.3 Å². The first kappa shape index (κ1) is 15.3. The molecule has 0 bridgehead atoms. The molecule has 2 rings (SSSR count). The Balaban J connectivity index is 1.96. The Bertz CT molecular complexity index is 357. The van der Waals surface area contributed by atoms with Crippen LogP contribution in [-0.4, -0.2) is 35.0 Å². The lowest BCUT2D eigenvalue weighted by Crippen LogP contribution is -2.43. The van der Waals surface area contributed by atoms with Gasteiger partial charge < -0.3 is 10.0 Å². The number of carbonyl (C=O) groups is 2. The smallest absolute Gasteiger partial charge is 0.310 e. The Hall–Kier alpha value is -1.06. The van der Waals surface area contributed by atoms with Crippen LogP contribution in [0.2, 0.25) is 0 Å². The fourth-order valence-electron chi connectivity index (χ4n) is 3.49. The zero-order valence-electron chi connectivity index (χ0n) is 12.6. The molecule has 1 amide bonds. The Morgan fingerprint density at radius 1 is 1.15 bits per heavy atom. The van der Waals surface area contributed by atoms with Crippen LogP contribution in [0.4, 0.5) is 0 Å². The molecule has 0 atom stereocenters. The number of nitrogens with zero attached hydrogens (tertiary/aromatic N) is 1. The minimum Gasteiger partial charge on any atom is -0.481 e. The van der Waals surface area contributed by atoms with Crippen molar-refractivity contribution >= 4 is 11.9 Å². The van der Waals surface area contributed by atoms with Gasteiger partial charge in [0.05, 0.1) is 5.41 Å². The summed E-state index contributed by atoms with van der Waals surface area (Å²) >= 11 is 0. The van der Waals surface area contributed by atoms with Gasteiger partial charge in [-0.05, 0) is 38.5 Å². The molecule has 0 unspecified atom stereocenters. The van der Waals surface area contributed by atoms with Crippen LogP contribution >= 0.6 is 0 Å². The lowest BCUT2D eigenvalue weighted by atomic mass is 9.71. The number of rotatable bonds is 6. The van der Waals surface area contributed by atoms with Crippen LogP contribution in [0.15, 0.2) is 0 Å². The minimum atomic E-state index is -0.789. The number of amides is 1. The molecule has 0 aromatic rings. The van der Waals surface area contributed by atoms with Gasteiger partial charge >= 0.3 is 5.97 Å². The number of carboxylic acids is 1. The van der Waals surface area contributed by atoms with Gasteiger partial charge in [0.15, 0.2) is 0 Å². The average molecular weight is 281 g/mol. The third kappa shape index (κ3) is 3.33. The maximum absolute atomic E-state index is 12.5. The lowest BCUT2D eigenvalue weighted by Gasteiger charge is -2.36. The molecule has 20 heavy (non-hydrogen) atoms. The normalized spacial score (nSPS) is 22.1. The first-order valence-electron chi connectivity index (χ1n) is 8.08. The molecule has 0 saturated heterocycles. The molecule has 0 aromatic carbocycles. The zero-order valence-corrected chi connectivity index (χ0v) is 12.6. The summed E-state index contributed by atoms with van der Waals surface area (Å²) in [6.45, 7) is 3.51. The first-order chi connectivity index (χ1) is 9.57. The van der Waals surface area contributed by atoms with Gasteiger partial charge in [-0.1, -0.05) is 25.7 Å². The third-order valence-electron chi connectivity index (χ3n) is 5.19. The van der Waals surface area contributed by atoms with E-state index >= 15 is 0 Å². The predicted octanol–water partition coefficient (Wildman–Crippen LogP) is 3.06. The van der Waals surface area contributed by atoms with Gasteiger partial charge in [-0.15, -0.1) is 0 Å². The maximum atomic E-state index is 12.5. The lowest BCUT2D eigenvalue weighted by molar-refractivity contribution is -0.156. The Morgan fingerprint density at radius 2 is 1.80 bits per heavy atom. The molecule has 2 saturated carbocycles. The highest BCUT2D eigenvalue weighted by atomic mass is 16.4. The van der Waals surface area contributed by atoms with Crippen LogP contribution < -0.4 is 0 Å². The van der Waals surface area contributed by atoms with E-state index in [4.69, 9.17) is 0 Å². The molecule has 2 aliphatic carbocycles. The van der Waals surface area contributed by atoms with Crippen LogP contribution in [0.3, 0.4) is 0 Å². The fraction of sp³-hybridized carbons (Fsp3) is 0.875.